The number of carboxylic acids is 1. The molecule has 5 rings (SSSR count). The van der Waals surface area contributed by atoms with Gasteiger partial charge in [-0.1, -0.05) is 48.5 Å². The van der Waals surface area contributed by atoms with Gasteiger partial charge in [0.25, 0.3) is 0 Å². The molecular weight excluding hydrogens is 354 g/mol. The molecule has 2 N–H and O–H groups in total. The molecule has 0 bridgehead atoms. The maximum absolute atomic E-state index is 12.3. The van der Waals surface area contributed by atoms with Crippen LogP contribution in [-0.2, 0) is 9.53 Å². The van der Waals surface area contributed by atoms with Gasteiger partial charge in [-0.2, -0.15) is 0 Å². The van der Waals surface area contributed by atoms with Crippen molar-refractivity contribution in [2.75, 3.05) is 6.61 Å². The second kappa shape index (κ2) is 6.36. The summed E-state index contributed by atoms with van der Waals surface area (Å²) in [6.45, 7) is 0.194. The molecule has 5 nitrogen and oxygen atoms in total. The lowest BCUT2D eigenvalue weighted by Gasteiger charge is -2.17. The average Bonchev–Trinajstić information content (AvgIpc) is 3.59. The second-order valence-corrected chi connectivity index (χ2v) is 8.36. The molecule has 3 aliphatic rings. The number of alkyl carbamates (subject to hydrolysis) is 1. The van der Waals surface area contributed by atoms with Crippen molar-refractivity contribution < 1.29 is 19.4 Å². The Morgan fingerprint density at radius 3 is 2.21 bits per heavy atom. The summed E-state index contributed by atoms with van der Waals surface area (Å²) in [6.07, 6.45) is 3.35. The van der Waals surface area contributed by atoms with Gasteiger partial charge in [0.1, 0.15) is 12.6 Å². The molecule has 1 amide bonds. The van der Waals surface area contributed by atoms with Crippen molar-refractivity contribution >= 4 is 12.1 Å². The van der Waals surface area contributed by atoms with Crippen molar-refractivity contribution in [2.45, 2.75) is 37.6 Å². The van der Waals surface area contributed by atoms with Crippen LogP contribution in [-0.4, -0.2) is 29.8 Å². The van der Waals surface area contributed by atoms with Crippen LogP contribution in [0.5, 0.6) is 0 Å². The smallest absolute Gasteiger partial charge is 0.407 e. The molecule has 2 aromatic rings. The van der Waals surface area contributed by atoms with E-state index in [1.807, 2.05) is 24.3 Å². The first-order valence-electron chi connectivity index (χ1n) is 9.92. The Morgan fingerprint density at radius 2 is 1.68 bits per heavy atom. The highest BCUT2D eigenvalue weighted by Crippen LogP contribution is 2.71. The molecule has 3 aliphatic carbocycles. The van der Waals surface area contributed by atoms with E-state index in [1.54, 1.807) is 0 Å². The highest BCUT2D eigenvalue weighted by atomic mass is 16.5. The van der Waals surface area contributed by atoms with E-state index < -0.39 is 18.1 Å². The van der Waals surface area contributed by atoms with E-state index in [9.17, 15) is 14.7 Å². The number of amides is 1. The van der Waals surface area contributed by atoms with Crippen molar-refractivity contribution in [3.8, 4) is 11.1 Å². The number of hydrogen-bond donors (Lipinski definition) is 2. The van der Waals surface area contributed by atoms with Gasteiger partial charge >= 0.3 is 12.1 Å². The average molecular weight is 377 g/mol. The van der Waals surface area contributed by atoms with Crippen LogP contribution in [0, 0.1) is 11.3 Å². The fourth-order valence-corrected chi connectivity index (χ4v) is 4.83. The molecule has 2 saturated carbocycles. The Kier molecular flexibility index (Phi) is 3.93. The van der Waals surface area contributed by atoms with E-state index in [1.165, 1.54) is 24.0 Å². The zero-order valence-electron chi connectivity index (χ0n) is 15.6. The number of aliphatic carboxylic acids is 1. The van der Waals surface area contributed by atoms with Crippen LogP contribution < -0.4 is 5.32 Å². The number of ether oxygens (including phenoxy) is 1. The maximum Gasteiger partial charge on any atom is 0.407 e. The number of nitrogens with one attached hydrogen (secondary N) is 1. The molecule has 1 spiro atoms. The first-order valence-corrected chi connectivity index (χ1v) is 9.92. The molecule has 0 saturated heterocycles. The number of carbonyl (C=O) groups excluding carboxylic acids is 1. The van der Waals surface area contributed by atoms with Crippen molar-refractivity contribution in [1.82, 2.24) is 5.32 Å². The molecule has 2 aromatic carbocycles. The fraction of sp³-hybridized carbons (Fsp3) is 0.391. The molecule has 28 heavy (non-hydrogen) atoms. The maximum atomic E-state index is 12.3. The Bertz CT molecular complexity index is 904. The van der Waals surface area contributed by atoms with E-state index >= 15 is 0 Å². The summed E-state index contributed by atoms with van der Waals surface area (Å²) in [6, 6.07) is 15.4. The molecule has 0 aromatic heterocycles. The van der Waals surface area contributed by atoms with Crippen LogP contribution in [0.4, 0.5) is 4.79 Å². The number of hydrogen-bond acceptors (Lipinski definition) is 3. The van der Waals surface area contributed by atoms with Gasteiger partial charge in [0.05, 0.1) is 0 Å². The Hall–Kier alpha value is -2.82. The van der Waals surface area contributed by atoms with E-state index in [0.717, 1.165) is 17.5 Å². The van der Waals surface area contributed by atoms with E-state index in [4.69, 9.17) is 4.74 Å². The Balaban J connectivity index is 1.24. The normalized spacial score (nSPS) is 21.5. The van der Waals surface area contributed by atoms with Gasteiger partial charge in [-0.3, -0.25) is 0 Å². The third-order valence-electron chi connectivity index (χ3n) is 6.71. The highest BCUT2D eigenvalue weighted by Gasteiger charge is 2.62. The summed E-state index contributed by atoms with van der Waals surface area (Å²) in [5.74, 6) is -0.585. The van der Waals surface area contributed by atoms with Crippen molar-refractivity contribution in [3.05, 3.63) is 59.7 Å². The summed E-state index contributed by atoms with van der Waals surface area (Å²) < 4.78 is 5.48. The molecule has 2 unspecified atom stereocenters. The summed E-state index contributed by atoms with van der Waals surface area (Å²) >= 11 is 0. The van der Waals surface area contributed by atoms with Crippen LogP contribution in [0.1, 0.15) is 42.7 Å². The summed E-state index contributed by atoms with van der Waals surface area (Å²) in [5.41, 5.74) is 5.02. The van der Waals surface area contributed by atoms with Crippen LogP contribution in [0.3, 0.4) is 0 Å². The monoisotopic (exact) mass is 377 g/mol. The number of carbonyl (C=O) groups is 2. The standard InChI is InChI=1S/C23H23NO4/c25-21(26)20(11-14-12-23(14)9-10-23)24-22(27)28-13-19-17-7-3-1-5-15(17)16-6-2-4-8-18(16)19/h1-8,14,19-20H,9-13H2,(H,24,27)(H,25,26). The predicted octanol–water partition coefficient (Wildman–Crippen LogP) is 4.17. The lowest BCUT2D eigenvalue weighted by Crippen LogP contribution is -2.41. The molecule has 2 atom stereocenters. The Labute approximate surface area is 163 Å². The van der Waals surface area contributed by atoms with Crippen molar-refractivity contribution in [1.29, 1.82) is 0 Å². The SMILES string of the molecule is O=C(NC(CC1CC12CC2)C(=O)O)OCC1c2ccccc2-c2ccccc21. The molecule has 144 valence electrons. The van der Waals surface area contributed by atoms with Gasteiger partial charge in [-0.25, -0.2) is 9.59 Å². The largest absolute Gasteiger partial charge is 0.480 e. The molecular formula is C23H23NO4. The number of fused-ring (bicyclic) bond motifs is 3. The quantitative estimate of drug-likeness (QED) is 0.792. The van der Waals surface area contributed by atoms with Crippen LogP contribution in [0.15, 0.2) is 48.5 Å². The summed E-state index contributed by atoms with van der Waals surface area (Å²) in [4.78, 5) is 23.9. The number of carboxylic acid groups (broad SMARTS) is 1. The van der Waals surface area contributed by atoms with E-state index in [2.05, 4.69) is 29.6 Å². The van der Waals surface area contributed by atoms with Crippen LogP contribution in [0.25, 0.3) is 11.1 Å². The number of benzene rings is 2. The van der Waals surface area contributed by atoms with Gasteiger partial charge in [0.2, 0.25) is 0 Å². The second-order valence-electron chi connectivity index (χ2n) is 8.36. The van der Waals surface area contributed by atoms with E-state index in [0.29, 0.717) is 17.8 Å². The van der Waals surface area contributed by atoms with Crippen LogP contribution >= 0.6 is 0 Å². The van der Waals surface area contributed by atoms with Gasteiger partial charge in [-0.05, 0) is 59.3 Å². The van der Waals surface area contributed by atoms with Gasteiger partial charge < -0.3 is 15.2 Å². The third kappa shape index (κ3) is 2.95. The van der Waals surface area contributed by atoms with Crippen molar-refractivity contribution in [3.63, 3.8) is 0 Å². The summed E-state index contributed by atoms with van der Waals surface area (Å²) in [5, 5.41) is 12.0. The van der Waals surface area contributed by atoms with Gasteiger partial charge in [0, 0.05) is 5.92 Å². The highest BCUT2D eigenvalue weighted by molar-refractivity contribution is 5.81. The minimum Gasteiger partial charge on any atom is -0.480 e. The third-order valence-corrected chi connectivity index (χ3v) is 6.71. The van der Waals surface area contributed by atoms with Gasteiger partial charge in [-0.15, -0.1) is 0 Å². The van der Waals surface area contributed by atoms with Gasteiger partial charge in [0.15, 0.2) is 0 Å². The molecule has 0 heterocycles. The van der Waals surface area contributed by atoms with Crippen LogP contribution in [0.2, 0.25) is 0 Å². The topological polar surface area (TPSA) is 75.6 Å². The minimum absolute atomic E-state index is 0.0282. The zero-order chi connectivity index (χ0) is 19.3. The lowest BCUT2D eigenvalue weighted by molar-refractivity contribution is -0.139. The first kappa shape index (κ1) is 17.3. The molecule has 5 heteroatoms. The van der Waals surface area contributed by atoms with Crippen molar-refractivity contribution in [2.24, 2.45) is 11.3 Å². The summed E-state index contributed by atoms with van der Waals surface area (Å²) in [7, 11) is 0. The zero-order valence-corrected chi connectivity index (χ0v) is 15.6. The lowest BCUT2D eigenvalue weighted by atomic mass is 9.98. The van der Waals surface area contributed by atoms with E-state index in [-0.39, 0.29) is 12.5 Å². The molecule has 0 radical (unpaired) electrons. The molecule has 0 aliphatic heterocycles. The molecule has 2 fully saturated rings. The number of rotatable bonds is 6. The fourth-order valence-electron chi connectivity index (χ4n) is 4.83. The minimum atomic E-state index is -0.990. The Morgan fingerprint density at radius 1 is 1.07 bits per heavy atom. The first-order chi connectivity index (χ1) is 13.6. The predicted molar refractivity (Wildman–Crippen MR) is 104 cm³/mol.